The fourth-order valence-corrected chi connectivity index (χ4v) is 2.32. The van der Waals surface area contributed by atoms with Gasteiger partial charge in [-0.2, -0.15) is 0 Å². The fraction of sp³-hybridized carbons (Fsp3) is 0.333. The minimum Gasteiger partial charge on any atom is -0.355 e. The van der Waals surface area contributed by atoms with E-state index in [9.17, 15) is 19.7 Å². The van der Waals surface area contributed by atoms with Gasteiger partial charge in [0.15, 0.2) is 0 Å². The number of carbonyl (C=O) groups excluding carboxylic acids is 2. The summed E-state index contributed by atoms with van der Waals surface area (Å²) in [6.07, 6.45) is 0.800. The Bertz CT molecular complexity index is 566. The molecule has 1 saturated heterocycles. The summed E-state index contributed by atoms with van der Waals surface area (Å²) in [5.41, 5.74) is 0.251. The molecule has 2 amide bonds. The van der Waals surface area contributed by atoms with E-state index in [0.717, 1.165) is 0 Å². The summed E-state index contributed by atoms with van der Waals surface area (Å²) in [6.45, 7) is 0.295. The van der Waals surface area contributed by atoms with Crippen molar-refractivity contribution < 1.29 is 14.5 Å². The van der Waals surface area contributed by atoms with Gasteiger partial charge in [-0.05, 0) is 34.5 Å². The van der Waals surface area contributed by atoms with Crippen molar-refractivity contribution in [3.63, 3.8) is 0 Å². The maximum Gasteiger partial charge on any atom is 0.285 e. The van der Waals surface area contributed by atoms with Gasteiger partial charge in [0.05, 0.1) is 15.3 Å². The van der Waals surface area contributed by atoms with Gasteiger partial charge < -0.3 is 10.6 Å². The quantitative estimate of drug-likeness (QED) is 0.646. The number of hydrogen-bond acceptors (Lipinski definition) is 4. The van der Waals surface area contributed by atoms with Crippen molar-refractivity contribution in [1.82, 2.24) is 5.32 Å². The molecular formula is C12H12BrN3O4. The first kappa shape index (κ1) is 14.4. The molecule has 0 spiro atoms. The third kappa shape index (κ3) is 3.32. The molecule has 1 heterocycles. The van der Waals surface area contributed by atoms with E-state index in [2.05, 4.69) is 26.6 Å². The molecule has 20 heavy (non-hydrogen) atoms. The van der Waals surface area contributed by atoms with Gasteiger partial charge in [-0.25, -0.2) is 0 Å². The number of amides is 2. The van der Waals surface area contributed by atoms with Crippen LogP contribution in [0.25, 0.3) is 0 Å². The van der Waals surface area contributed by atoms with Gasteiger partial charge in [0, 0.05) is 24.7 Å². The molecule has 1 aliphatic heterocycles. The van der Waals surface area contributed by atoms with Crippen LogP contribution in [0.4, 0.5) is 11.4 Å². The molecule has 1 aromatic carbocycles. The number of piperidine rings is 1. The van der Waals surface area contributed by atoms with Crippen LogP contribution in [0.15, 0.2) is 22.7 Å². The Labute approximate surface area is 123 Å². The van der Waals surface area contributed by atoms with E-state index < -0.39 is 4.92 Å². The molecule has 2 rings (SSSR count). The first-order chi connectivity index (χ1) is 9.47. The zero-order chi connectivity index (χ0) is 14.7. The summed E-state index contributed by atoms with van der Waals surface area (Å²) in [7, 11) is 0. The number of nitro benzene ring substituents is 1. The van der Waals surface area contributed by atoms with Gasteiger partial charge in [0.2, 0.25) is 11.8 Å². The van der Waals surface area contributed by atoms with Crippen molar-refractivity contribution in [3.8, 4) is 0 Å². The summed E-state index contributed by atoms with van der Waals surface area (Å²) in [4.78, 5) is 33.3. The summed E-state index contributed by atoms with van der Waals surface area (Å²) >= 11 is 3.08. The van der Waals surface area contributed by atoms with Gasteiger partial charge in [-0.3, -0.25) is 19.7 Å². The predicted octanol–water partition coefficient (Wildman–Crippen LogP) is 1.82. The number of carbonyl (C=O) groups is 2. The van der Waals surface area contributed by atoms with Crippen LogP contribution in [-0.4, -0.2) is 23.3 Å². The number of hydrogen-bond donors (Lipinski definition) is 2. The topological polar surface area (TPSA) is 101 Å². The molecule has 0 bridgehead atoms. The van der Waals surface area contributed by atoms with Gasteiger partial charge >= 0.3 is 0 Å². The lowest BCUT2D eigenvalue weighted by Crippen LogP contribution is -2.40. The Morgan fingerprint density at radius 3 is 2.85 bits per heavy atom. The lowest BCUT2D eigenvalue weighted by Gasteiger charge is -2.21. The third-order valence-corrected chi connectivity index (χ3v) is 3.72. The maximum absolute atomic E-state index is 12.0. The van der Waals surface area contributed by atoms with Crippen LogP contribution in [0, 0.1) is 16.0 Å². The Morgan fingerprint density at radius 1 is 1.50 bits per heavy atom. The molecule has 2 N–H and O–H groups in total. The number of nitrogens with zero attached hydrogens (tertiary/aromatic N) is 1. The van der Waals surface area contributed by atoms with E-state index in [1.54, 1.807) is 6.07 Å². The Kier molecular flexibility index (Phi) is 4.33. The standard InChI is InChI=1S/C12H12BrN3O4/c13-9-3-2-8(5-10(9)16(19)20)15-12(18)7-1-4-11(17)14-6-7/h2-3,5,7H,1,4,6H2,(H,14,17)(H,15,18). The molecule has 1 fully saturated rings. The van der Waals surface area contributed by atoms with Crippen molar-refractivity contribution in [1.29, 1.82) is 0 Å². The minimum absolute atomic E-state index is 0.0617. The van der Waals surface area contributed by atoms with Gasteiger partial charge in [0.25, 0.3) is 5.69 Å². The van der Waals surface area contributed by atoms with Crippen LogP contribution in [0.1, 0.15) is 12.8 Å². The second-order valence-electron chi connectivity index (χ2n) is 4.45. The third-order valence-electron chi connectivity index (χ3n) is 3.05. The zero-order valence-corrected chi connectivity index (χ0v) is 12.0. The first-order valence-corrected chi connectivity index (χ1v) is 6.78. The summed E-state index contributed by atoms with van der Waals surface area (Å²) in [5, 5.41) is 16.1. The fourth-order valence-electron chi connectivity index (χ4n) is 1.93. The van der Waals surface area contributed by atoms with Gasteiger partial charge in [-0.15, -0.1) is 0 Å². The van der Waals surface area contributed by atoms with Gasteiger partial charge in [0.1, 0.15) is 0 Å². The van der Waals surface area contributed by atoms with E-state index in [0.29, 0.717) is 29.5 Å². The number of anilines is 1. The molecule has 1 aromatic rings. The molecule has 1 aliphatic rings. The molecule has 106 valence electrons. The highest BCUT2D eigenvalue weighted by atomic mass is 79.9. The number of nitrogens with one attached hydrogen (secondary N) is 2. The second-order valence-corrected chi connectivity index (χ2v) is 5.31. The number of halogens is 1. The molecule has 1 unspecified atom stereocenters. The van der Waals surface area contributed by atoms with Crippen LogP contribution in [-0.2, 0) is 9.59 Å². The monoisotopic (exact) mass is 341 g/mol. The molecule has 7 nitrogen and oxygen atoms in total. The van der Waals surface area contributed by atoms with Crippen LogP contribution in [0.3, 0.4) is 0 Å². The normalized spacial score (nSPS) is 18.2. The lowest BCUT2D eigenvalue weighted by molar-refractivity contribution is -0.385. The number of benzene rings is 1. The molecule has 1 atom stereocenters. The molecule has 0 aliphatic carbocycles. The summed E-state index contributed by atoms with van der Waals surface area (Å²) in [6, 6.07) is 4.39. The summed E-state index contributed by atoms with van der Waals surface area (Å²) in [5.74, 6) is -0.620. The average molecular weight is 342 g/mol. The lowest BCUT2D eigenvalue weighted by atomic mass is 9.98. The van der Waals surface area contributed by atoms with Crippen molar-refractivity contribution in [2.24, 2.45) is 5.92 Å². The molecule has 0 radical (unpaired) electrons. The highest BCUT2D eigenvalue weighted by Gasteiger charge is 2.25. The Balaban J connectivity index is 2.06. The first-order valence-electron chi connectivity index (χ1n) is 5.99. The number of rotatable bonds is 3. The SMILES string of the molecule is O=C1CCC(C(=O)Nc2ccc(Br)c([N+](=O)[O-])c2)CN1. The van der Waals surface area contributed by atoms with Crippen molar-refractivity contribution in [2.75, 3.05) is 11.9 Å². The second kappa shape index (κ2) is 6.00. The predicted molar refractivity (Wildman–Crippen MR) is 75.2 cm³/mol. The van der Waals surface area contributed by atoms with Gasteiger partial charge in [-0.1, -0.05) is 0 Å². The van der Waals surface area contributed by atoms with E-state index >= 15 is 0 Å². The molecule has 0 saturated carbocycles. The Hall–Kier alpha value is -1.96. The smallest absolute Gasteiger partial charge is 0.285 e. The zero-order valence-electron chi connectivity index (χ0n) is 10.4. The van der Waals surface area contributed by atoms with Crippen molar-refractivity contribution >= 4 is 39.1 Å². The van der Waals surface area contributed by atoms with E-state index in [-0.39, 0.29) is 23.4 Å². The van der Waals surface area contributed by atoms with Crippen LogP contribution >= 0.6 is 15.9 Å². The average Bonchev–Trinajstić information content (AvgIpc) is 2.41. The van der Waals surface area contributed by atoms with Crippen LogP contribution in [0.2, 0.25) is 0 Å². The number of nitro groups is 1. The van der Waals surface area contributed by atoms with Crippen LogP contribution in [0.5, 0.6) is 0 Å². The molecule has 8 heteroatoms. The van der Waals surface area contributed by atoms with Crippen molar-refractivity contribution in [3.05, 3.63) is 32.8 Å². The van der Waals surface area contributed by atoms with E-state index in [1.165, 1.54) is 12.1 Å². The largest absolute Gasteiger partial charge is 0.355 e. The highest BCUT2D eigenvalue weighted by molar-refractivity contribution is 9.10. The van der Waals surface area contributed by atoms with E-state index in [4.69, 9.17) is 0 Å². The summed E-state index contributed by atoms with van der Waals surface area (Å²) < 4.78 is 0.352. The Morgan fingerprint density at radius 2 is 2.25 bits per heavy atom. The molecular weight excluding hydrogens is 330 g/mol. The molecule has 0 aromatic heterocycles. The van der Waals surface area contributed by atoms with Crippen molar-refractivity contribution in [2.45, 2.75) is 12.8 Å². The van der Waals surface area contributed by atoms with Crippen LogP contribution < -0.4 is 10.6 Å². The highest BCUT2D eigenvalue weighted by Crippen LogP contribution is 2.28. The minimum atomic E-state index is -0.527. The van der Waals surface area contributed by atoms with E-state index in [1.807, 2.05) is 0 Å². The maximum atomic E-state index is 12.0.